The zero-order valence-corrected chi connectivity index (χ0v) is 22.4. The lowest BCUT2D eigenvalue weighted by atomic mass is 10.0. The Bertz CT molecular complexity index is 1100. The van der Waals surface area contributed by atoms with E-state index in [1.807, 2.05) is 0 Å². The molecule has 1 aromatic rings. The molecule has 38 heavy (non-hydrogen) atoms. The number of piperidine rings is 1. The lowest BCUT2D eigenvalue weighted by molar-refractivity contribution is -0.136. The summed E-state index contributed by atoms with van der Waals surface area (Å²) in [6, 6.07) is 8.93. The number of nitrogens with zero attached hydrogens (tertiary/aromatic N) is 1. The maximum Gasteiger partial charge on any atom is 0.339 e. The van der Waals surface area contributed by atoms with Crippen molar-refractivity contribution in [2.24, 2.45) is 0 Å². The Labute approximate surface area is 216 Å². The Morgan fingerprint density at radius 3 is 1.53 bits per heavy atom. The minimum absolute atomic E-state index is 0.186. The molecule has 1 saturated heterocycles. The molecule has 1 aliphatic rings. The van der Waals surface area contributed by atoms with Gasteiger partial charge in [-0.25, -0.2) is 0 Å². The molecule has 214 valence electrons. The fourth-order valence-electron chi connectivity index (χ4n) is 3.71. The largest absolute Gasteiger partial charge is 0.481 e. The highest BCUT2D eigenvalue weighted by Crippen LogP contribution is 2.52. The quantitative estimate of drug-likeness (QED) is 0.149. The molecule has 1 aliphatic heterocycles. The number of rotatable bonds is 15. The predicted molar refractivity (Wildman–Crippen MR) is 128 cm³/mol. The summed E-state index contributed by atoms with van der Waals surface area (Å²) in [5.41, 5.74) is 0.861. The van der Waals surface area contributed by atoms with Crippen molar-refractivity contribution in [3.63, 3.8) is 0 Å². The molecule has 0 radical (unpaired) electrons. The van der Waals surface area contributed by atoms with Crippen molar-refractivity contribution in [3.8, 4) is 0 Å². The summed E-state index contributed by atoms with van der Waals surface area (Å²) >= 11 is 0. The van der Waals surface area contributed by atoms with Crippen LogP contribution in [0.15, 0.2) is 30.3 Å². The Hall–Kier alpha value is -1.96. The van der Waals surface area contributed by atoms with Crippen LogP contribution in [0.3, 0.4) is 0 Å². The molecule has 0 aromatic heterocycles. The molecule has 19 heteroatoms. The van der Waals surface area contributed by atoms with Crippen molar-refractivity contribution in [2.75, 3.05) is 38.1 Å². The molecule has 5 atom stereocenters. The Morgan fingerprint density at radius 1 is 0.737 bits per heavy atom. The van der Waals surface area contributed by atoms with Gasteiger partial charge in [-0.15, -0.1) is 0 Å². The van der Waals surface area contributed by atoms with Gasteiger partial charge in [-0.2, -0.15) is 0 Å². The molecule has 0 aliphatic carbocycles. The average molecular weight is 603 g/mol. The van der Waals surface area contributed by atoms with Crippen molar-refractivity contribution in [1.29, 1.82) is 0 Å². The van der Waals surface area contributed by atoms with E-state index in [-0.39, 0.29) is 19.6 Å². The number of carboxylic acids is 3. The zero-order chi connectivity index (χ0) is 28.7. The van der Waals surface area contributed by atoms with Gasteiger partial charge in [0.05, 0.1) is 0 Å². The Morgan fingerprint density at radius 2 is 1.13 bits per heavy atom. The number of aliphatic carboxylic acids is 3. The molecule has 0 amide bonds. The van der Waals surface area contributed by atoms with E-state index in [0.717, 1.165) is 5.56 Å². The first-order valence-corrected chi connectivity index (χ1v) is 16.2. The van der Waals surface area contributed by atoms with Gasteiger partial charge in [0.15, 0.2) is 0 Å². The summed E-state index contributed by atoms with van der Waals surface area (Å²) < 4.78 is 52.5. The summed E-state index contributed by atoms with van der Waals surface area (Å²) in [7, 11) is -14.9. The van der Waals surface area contributed by atoms with E-state index < -0.39 is 77.5 Å². The fraction of sp³-hybridized carbons (Fsp3) is 0.526. The van der Waals surface area contributed by atoms with Gasteiger partial charge in [0.2, 0.25) is 0 Å². The molecule has 3 unspecified atom stereocenters. The second-order valence-electron chi connectivity index (χ2n) is 8.42. The summed E-state index contributed by atoms with van der Waals surface area (Å²) in [6.45, 7) is -0.474. The lowest BCUT2D eigenvalue weighted by Crippen LogP contribution is -2.57. The molecule has 0 saturated carbocycles. The van der Waals surface area contributed by atoms with Gasteiger partial charge < -0.3 is 39.0 Å². The first-order chi connectivity index (χ1) is 17.5. The van der Waals surface area contributed by atoms with Crippen molar-refractivity contribution >= 4 is 40.7 Å². The first-order valence-electron chi connectivity index (χ1n) is 10.9. The first kappa shape index (κ1) is 32.3. The van der Waals surface area contributed by atoms with Gasteiger partial charge in [-0.05, 0) is 12.0 Å². The maximum atomic E-state index is 12.4. The molecule has 1 aromatic carbocycles. The van der Waals surface area contributed by atoms with Crippen molar-refractivity contribution in [1.82, 2.24) is 4.90 Å². The molecule has 1 fully saturated rings. The Kier molecular flexibility index (Phi) is 11.4. The Balaban J connectivity index is 2.43. The van der Waals surface area contributed by atoms with Crippen LogP contribution in [-0.4, -0.2) is 109 Å². The highest BCUT2D eigenvalue weighted by molar-refractivity contribution is 7.54. The summed E-state index contributed by atoms with van der Waals surface area (Å²) in [5.74, 6) is -5.17. The van der Waals surface area contributed by atoms with Crippen LogP contribution >= 0.6 is 22.8 Å². The normalized spacial score (nSPS) is 25.0. The molecule has 1 heterocycles. The van der Waals surface area contributed by atoms with Crippen LogP contribution in [0.4, 0.5) is 0 Å². The van der Waals surface area contributed by atoms with Crippen LogP contribution in [0.5, 0.6) is 0 Å². The molecule has 0 bridgehead atoms. The number of carbonyl (C=O) groups is 3. The van der Waals surface area contributed by atoms with Crippen LogP contribution in [0.1, 0.15) is 5.56 Å². The highest BCUT2D eigenvalue weighted by atomic mass is 31.2. The standard InChI is InChI=1S/C19H28NO15P3/c21-16(22)10-36(27,28)33-14-8-20(7-6-13-4-2-1-3-5-13)9-15(34-37(29,30)11-17(23)24)19(14)35-38(31,32)12-18(25)26/h1-5,14-15,19H,6-12H2,(H,21,22)(H,23,24)(H,25,26)(H,27,28)(H,29,30)(H,31,32)/t14-,15-/m1/s1. The van der Waals surface area contributed by atoms with Crippen molar-refractivity contribution in [3.05, 3.63) is 35.9 Å². The molecular formula is C19H28NO15P3. The molecule has 0 spiro atoms. The summed E-state index contributed by atoms with van der Waals surface area (Å²) in [6.07, 6.45) is -9.18. The lowest BCUT2D eigenvalue weighted by Gasteiger charge is -2.43. The van der Waals surface area contributed by atoms with Gasteiger partial charge in [0.1, 0.15) is 36.8 Å². The second kappa shape index (κ2) is 13.4. The zero-order valence-electron chi connectivity index (χ0n) is 19.7. The fourth-order valence-corrected chi connectivity index (χ4v) is 6.83. The van der Waals surface area contributed by atoms with Gasteiger partial charge in [0, 0.05) is 19.6 Å². The minimum Gasteiger partial charge on any atom is -0.481 e. The second-order valence-corrected chi connectivity index (χ2v) is 13.8. The van der Waals surface area contributed by atoms with E-state index in [2.05, 4.69) is 0 Å². The van der Waals surface area contributed by atoms with E-state index >= 15 is 0 Å². The van der Waals surface area contributed by atoms with Crippen molar-refractivity contribution < 1.29 is 71.6 Å². The number of likely N-dealkylation sites (tertiary alicyclic amines) is 1. The van der Waals surface area contributed by atoms with Crippen LogP contribution in [0.25, 0.3) is 0 Å². The monoisotopic (exact) mass is 603 g/mol. The molecule has 2 rings (SSSR count). The maximum absolute atomic E-state index is 12.4. The van der Waals surface area contributed by atoms with Crippen molar-refractivity contribution in [2.45, 2.75) is 24.7 Å². The van der Waals surface area contributed by atoms with Gasteiger partial charge in [-0.3, -0.25) is 37.5 Å². The van der Waals surface area contributed by atoms with Crippen LogP contribution < -0.4 is 0 Å². The number of carboxylic acid groups (broad SMARTS) is 3. The van der Waals surface area contributed by atoms with E-state index in [1.165, 1.54) is 4.90 Å². The highest BCUT2D eigenvalue weighted by Gasteiger charge is 2.48. The van der Waals surface area contributed by atoms with E-state index in [4.69, 9.17) is 28.9 Å². The van der Waals surface area contributed by atoms with Gasteiger partial charge in [-0.1, -0.05) is 30.3 Å². The summed E-state index contributed by atoms with van der Waals surface area (Å²) in [5, 5.41) is 26.8. The average Bonchev–Trinajstić information content (AvgIpc) is 2.72. The summed E-state index contributed by atoms with van der Waals surface area (Å²) in [4.78, 5) is 64.7. The predicted octanol–water partition coefficient (Wildman–Crippen LogP) is 0.510. The van der Waals surface area contributed by atoms with Gasteiger partial charge in [0.25, 0.3) is 0 Å². The minimum atomic E-state index is -5.01. The van der Waals surface area contributed by atoms with Crippen LogP contribution in [-0.2, 0) is 48.1 Å². The smallest absolute Gasteiger partial charge is 0.339 e. The van der Waals surface area contributed by atoms with Crippen LogP contribution in [0.2, 0.25) is 0 Å². The van der Waals surface area contributed by atoms with E-state index in [9.17, 15) is 42.8 Å². The third kappa shape index (κ3) is 11.4. The van der Waals surface area contributed by atoms with Crippen LogP contribution in [0, 0.1) is 0 Å². The third-order valence-corrected chi connectivity index (χ3v) is 8.84. The molecule has 16 nitrogen and oxygen atoms in total. The topological polar surface area (TPSA) is 255 Å². The number of hydrogen-bond donors (Lipinski definition) is 6. The van der Waals surface area contributed by atoms with E-state index in [0.29, 0.717) is 6.42 Å². The van der Waals surface area contributed by atoms with Gasteiger partial charge >= 0.3 is 40.7 Å². The molecule has 6 N–H and O–H groups in total. The number of benzene rings is 1. The SMILES string of the molecule is O=C(O)CP(=O)(O)OC1[C@H](OP(=O)(O)CC(=O)O)CN(CCc2ccccc2)C[C@H]1OP(=O)(O)CC(=O)O. The number of hydrogen-bond acceptors (Lipinski definition) is 10. The third-order valence-electron chi connectivity index (χ3n) is 5.06. The van der Waals surface area contributed by atoms with E-state index in [1.54, 1.807) is 30.3 Å². The molecular weight excluding hydrogens is 575 g/mol.